The molecule has 0 N–H and O–H groups in total. The van der Waals surface area contributed by atoms with Gasteiger partial charge in [0.05, 0.1) is 5.56 Å². The van der Waals surface area contributed by atoms with Gasteiger partial charge in [0.1, 0.15) is 30.3 Å². The first kappa shape index (κ1) is 19.1. The van der Waals surface area contributed by atoms with E-state index < -0.39 is 11.6 Å². The van der Waals surface area contributed by atoms with Gasteiger partial charge in [0.15, 0.2) is 17.3 Å². The second-order valence-electron chi connectivity index (χ2n) is 7.05. The number of rotatable bonds is 5. The van der Waals surface area contributed by atoms with Gasteiger partial charge in [-0.25, -0.2) is 13.8 Å². The van der Waals surface area contributed by atoms with Gasteiger partial charge in [-0.05, 0) is 18.6 Å². The van der Waals surface area contributed by atoms with E-state index in [1.165, 1.54) is 23.0 Å². The molecule has 5 rings (SSSR count). The predicted octanol–water partition coefficient (Wildman–Crippen LogP) is 2.54. The van der Waals surface area contributed by atoms with Crippen molar-refractivity contribution in [3.8, 4) is 17.3 Å². The van der Waals surface area contributed by atoms with Crippen LogP contribution in [0.15, 0.2) is 42.7 Å². The van der Waals surface area contributed by atoms with E-state index in [9.17, 15) is 8.78 Å². The van der Waals surface area contributed by atoms with E-state index in [-0.39, 0.29) is 18.0 Å². The average molecular weight is 424 g/mol. The lowest BCUT2D eigenvalue weighted by Gasteiger charge is -2.26. The van der Waals surface area contributed by atoms with Crippen LogP contribution in [0.1, 0.15) is 12.2 Å². The molecule has 9 nitrogen and oxygen atoms in total. The minimum atomic E-state index is -0.747. The lowest BCUT2D eigenvalue weighted by Crippen LogP contribution is -2.28. The Balaban J connectivity index is 1.59. The van der Waals surface area contributed by atoms with Gasteiger partial charge < -0.3 is 9.64 Å². The molecule has 4 heterocycles. The number of hydrogen-bond acceptors (Lipinski definition) is 7. The first-order valence-electron chi connectivity index (χ1n) is 9.67. The molecule has 0 saturated heterocycles. The fraction of sp³-hybridized carbons (Fsp3) is 0.250. The number of aryl methyl sites for hydroxylation is 1. The summed E-state index contributed by atoms with van der Waals surface area (Å²) < 4.78 is 36.7. The van der Waals surface area contributed by atoms with Crippen LogP contribution in [0.5, 0.6) is 5.88 Å². The summed E-state index contributed by atoms with van der Waals surface area (Å²) in [5, 5.41) is 16.8. The maximum Gasteiger partial charge on any atom is 0.256 e. The molecule has 0 saturated carbocycles. The molecule has 1 aromatic carbocycles. The summed E-state index contributed by atoms with van der Waals surface area (Å²) in [6.45, 7) is 1.64. The summed E-state index contributed by atoms with van der Waals surface area (Å²) >= 11 is 0. The molecule has 0 unspecified atom stereocenters. The molecule has 0 fully saturated rings. The standard InChI is InChI=1S/C20H18F2N8O/c1-28-18(23-12-24-28)11-31-20-16(29-7-3-2-4-8-29)10-17-25-26-19(30(17)27-20)14-6-5-13(21)9-15(14)22/h2-3,5-6,9-10,12H,4,7-8,11H2,1H3. The van der Waals surface area contributed by atoms with E-state index in [2.05, 4.69) is 42.4 Å². The first-order chi connectivity index (χ1) is 15.1. The highest BCUT2D eigenvalue weighted by Gasteiger charge is 2.21. The molecule has 31 heavy (non-hydrogen) atoms. The average Bonchev–Trinajstić information content (AvgIpc) is 3.38. The summed E-state index contributed by atoms with van der Waals surface area (Å²) in [4.78, 5) is 6.28. The van der Waals surface area contributed by atoms with Crippen molar-refractivity contribution >= 4 is 11.3 Å². The maximum absolute atomic E-state index is 14.4. The topological polar surface area (TPSA) is 86.3 Å². The number of nitrogens with zero attached hydrogens (tertiary/aromatic N) is 8. The van der Waals surface area contributed by atoms with Crippen molar-refractivity contribution in [2.45, 2.75) is 13.0 Å². The third-order valence-electron chi connectivity index (χ3n) is 5.05. The van der Waals surface area contributed by atoms with Crippen LogP contribution in [0.2, 0.25) is 0 Å². The van der Waals surface area contributed by atoms with E-state index in [4.69, 9.17) is 4.74 Å². The third-order valence-corrected chi connectivity index (χ3v) is 5.05. The Bertz CT molecular complexity index is 1280. The van der Waals surface area contributed by atoms with Crippen LogP contribution in [-0.4, -0.2) is 47.7 Å². The van der Waals surface area contributed by atoms with Gasteiger partial charge in [-0.3, -0.25) is 4.68 Å². The predicted molar refractivity (Wildman–Crippen MR) is 107 cm³/mol. The van der Waals surface area contributed by atoms with E-state index in [1.807, 2.05) is 0 Å². The number of ether oxygens (including phenoxy) is 1. The zero-order valence-corrected chi connectivity index (χ0v) is 16.6. The molecule has 3 aromatic heterocycles. The number of fused-ring (bicyclic) bond motifs is 1. The Hall–Kier alpha value is -3.89. The van der Waals surface area contributed by atoms with Gasteiger partial charge in [-0.1, -0.05) is 12.2 Å². The molecule has 0 bridgehead atoms. The fourth-order valence-electron chi connectivity index (χ4n) is 3.42. The van der Waals surface area contributed by atoms with Crippen LogP contribution in [0.4, 0.5) is 14.5 Å². The number of aromatic nitrogens is 7. The molecule has 0 amide bonds. The molecule has 0 radical (unpaired) electrons. The van der Waals surface area contributed by atoms with Gasteiger partial charge in [0.25, 0.3) is 5.88 Å². The number of anilines is 1. The zero-order valence-electron chi connectivity index (χ0n) is 16.6. The quantitative estimate of drug-likeness (QED) is 0.455. The summed E-state index contributed by atoms with van der Waals surface area (Å²) in [6, 6.07) is 5.08. The van der Waals surface area contributed by atoms with Gasteiger partial charge >= 0.3 is 0 Å². The van der Waals surface area contributed by atoms with Crippen molar-refractivity contribution in [2.75, 3.05) is 18.0 Å². The first-order valence-corrected chi connectivity index (χ1v) is 9.67. The van der Waals surface area contributed by atoms with E-state index in [0.717, 1.165) is 24.7 Å². The van der Waals surface area contributed by atoms with Gasteiger partial charge in [-0.15, -0.1) is 15.3 Å². The molecule has 11 heteroatoms. The molecule has 0 spiro atoms. The zero-order chi connectivity index (χ0) is 21.4. The molecule has 158 valence electrons. The maximum atomic E-state index is 14.4. The summed E-state index contributed by atoms with van der Waals surface area (Å²) in [5.74, 6) is -0.311. The van der Waals surface area contributed by atoms with Crippen molar-refractivity contribution in [2.24, 2.45) is 7.05 Å². The smallest absolute Gasteiger partial charge is 0.256 e. The van der Waals surface area contributed by atoms with Crippen LogP contribution in [0, 0.1) is 11.6 Å². The highest BCUT2D eigenvalue weighted by molar-refractivity contribution is 5.66. The Kier molecular flexibility index (Phi) is 4.77. The van der Waals surface area contributed by atoms with Crippen molar-refractivity contribution in [1.29, 1.82) is 0 Å². The Morgan fingerprint density at radius 2 is 2.03 bits per heavy atom. The second kappa shape index (κ2) is 7.74. The second-order valence-corrected chi connectivity index (χ2v) is 7.05. The monoisotopic (exact) mass is 424 g/mol. The summed E-state index contributed by atoms with van der Waals surface area (Å²) in [5.41, 5.74) is 1.26. The van der Waals surface area contributed by atoms with Crippen LogP contribution in [0.3, 0.4) is 0 Å². The minimum absolute atomic E-state index is 0.0920. The van der Waals surface area contributed by atoms with E-state index in [1.54, 1.807) is 17.8 Å². The van der Waals surface area contributed by atoms with Gasteiger partial charge in [-0.2, -0.15) is 9.61 Å². The Morgan fingerprint density at radius 1 is 1.13 bits per heavy atom. The van der Waals surface area contributed by atoms with Crippen LogP contribution in [-0.2, 0) is 13.7 Å². The highest BCUT2D eigenvalue weighted by Crippen LogP contribution is 2.31. The van der Waals surface area contributed by atoms with Crippen molar-refractivity contribution in [3.63, 3.8) is 0 Å². The summed E-state index contributed by atoms with van der Waals surface area (Å²) in [7, 11) is 1.77. The molecular weight excluding hydrogens is 406 g/mol. The van der Waals surface area contributed by atoms with E-state index >= 15 is 0 Å². The van der Waals surface area contributed by atoms with Crippen molar-refractivity contribution in [3.05, 3.63) is 60.2 Å². The normalized spacial score (nSPS) is 13.8. The van der Waals surface area contributed by atoms with Crippen molar-refractivity contribution < 1.29 is 13.5 Å². The fourth-order valence-corrected chi connectivity index (χ4v) is 3.42. The summed E-state index contributed by atoms with van der Waals surface area (Å²) in [6.07, 6.45) is 6.53. The third kappa shape index (κ3) is 3.58. The Labute approximate surface area is 175 Å². The number of benzene rings is 1. The molecular formula is C20H18F2N8O. The lowest BCUT2D eigenvalue weighted by molar-refractivity contribution is 0.275. The van der Waals surface area contributed by atoms with Crippen LogP contribution in [0.25, 0.3) is 17.0 Å². The molecule has 1 aliphatic rings. The van der Waals surface area contributed by atoms with Crippen LogP contribution >= 0.6 is 0 Å². The molecule has 4 aromatic rings. The number of halogens is 2. The Morgan fingerprint density at radius 3 is 2.77 bits per heavy atom. The molecule has 0 aliphatic carbocycles. The largest absolute Gasteiger partial charge is 0.467 e. The van der Waals surface area contributed by atoms with Crippen molar-refractivity contribution in [1.82, 2.24) is 34.6 Å². The minimum Gasteiger partial charge on any atom is -0.467 e. The highest BCUT2D eigenvalue weighted by atomic mass is 19.1. The van der Waals surface area contributed by atoms with E-state index in [0.29, 0.717) is 23.9 Å². The number of hydrogen-bond donors (Lipinski definition) is 0. The lowest BCUT2D eigenvalue weighted by atomic mass is 10.2. The molecule has 1 aliphatic heterocycles. The van der Waals surface area contributed by atoms with Crippen LogP contribution < -0.4 is 9.64 Å². The van der Waals surface area contributed by atoms with Gasteiger partial charge in [0, 0.05) is 32.3 Å². The SMILES string of the molecule is Cn1ncnc1COc1nn2c(-c3ccc(F)cc3F)nnc2cc1N1CC=CCC1. The molecule has 0 atom stereocenters. The van der Waals surface area contributed by atoms with Gasteiger partial charge in [0.2, 0.25) is 0 Å².